The van der Waals surface area contributed by atoms with Crippen molar-refractivity contribution in [3.63, 3.8) is 0 Å². The van der Waals surface area contributed by atoms with Crippen molar-refractivity contribution in [1.29, 1.82) is 0 Å². The lowest BCUT2D eigenvalue weighted by atomic mass is 9.97. The van der Waals surface area contributed by atoms with E-state index in [1.54, 1.807) is 0 Å². The van der Waals surface area contributed by atoms with Gasteiger partial charge in [0.25, 0.3) is 0 Å². The average molecular weight is 296 g/mol. The van der Waals surface area contributed by atoms with Crippen molar-refractivity contribution in [2.45, 2.75) is 79.2 Å². The maximum atomic E-state index is 10.2. The highest BCUT2D eigenvalue weighted by molar-refractivity contribution is 5.02. The Hall–Kier alpha value is -0.600. The summed E-state index contributed by atoms with van der Waals surface area (Å²) < 4.78 is 5.61. The lowest BCUT2D eigenvalue weighted by Crippen LogP contribution is -2.30. The molecule has 0 aromatic rings. The van der Waals surface area contributed by atoms with Crippen LogP contribution in [-0.2, 0) is 4.74 Å². The Bertz CT molecular complexity index is 320. The predicted molar refractivity (Wildman–Crippen MR) is 92.6 cm³/mol. The van der Waals surface area contributed by atoms with Crippen molar-refractivity contribution in [3.8, 4) is 0 Å². The second-order valence-corrected chi connectivity index (χ2v) is 7.17. The molecule has 21 heavy (non-hydrogen) atoms. The second-order valence-electron chi connectivity index (χ2n) is 7.17. The summed E-state index contributed by atoms with van der Waals surface area (Å²) in [6.45, 7) is 13.7. The molecule has 0 aliphatic rings. The summed E-state index contributed by atoms with van der Waals surface area (Å²) in [5, 5.41) is 10.2. The molecule has 2 heteroatoms. The van der Waals surface area contributed by atoms with Gasteiger partial charge in [-0.15, -0.1) is 0 Å². The van der Waals surface area contributed by atoms with Gasteiger partial charge in [-0.1, -0.05) is 50.0 Å². The minimum absolute atomic E-state index is 0.419. The van der Waals surface area contributed by atoms with Crippen LogP contribution >= 0.6 is 0 Å². The predicted octanol–water partition coefficient (Wildman–Crippen LogP) is 5.27. The maximum absolute atomic E-state index is 10.2. The monoisotopic (exact) mass is 296 g/mol. The summed E-state index contributed by atoms with van der Waals surface area (Å²) in [5.74, 6) is 0.702. The maximum Gasteiger partial charge on any atom is 0.0852 e. The molecule has 1 atom stereocenters. The molecule has 0 fully saturated rings. The SMILES string of the molecule is CC(C)=CCC/C(C)=C/COCC(C)(O)CCCC(C)C. The highest BCUT2D eigenvalue weighted by atomic mass is 16.5. The largest absolute Gasteiger partial charge is 0.388 e. The minimum atomic E-state index is -0.696. The summed E-state index contributed by atoms with van der Waals surface area (Å²) in [6.07, 6.45) is 9.61. The molecular weight excluding hydrogens is 260 g/mol. The van der Waals surface area contributed by atoms with Crippen LogP contribution in [0.4, 0.5) is 0 Å². The fraction of sp³-hybridized carbons (Fsp3) is 0.789. The van der Waals surface area contributed by atoms with Gasteiger partial charge in [0, 0.05) is 0 Å². The first kappa shape index (κ1) is 20.4. The lowest BCUT2D eigenvalue weighted by molar-refractivity contribution is -0.0336. The zero-order valence-corrected chi connectivity index (χ0v) is 15.0. The Morgan fingerprint density at radius 2 is 1.86 bits per heavy atom. The Labute approximate surface area is 132 Å². The molecule has 0 aliphatic carbocycles. The first-order valence-corrected chi connectivity index (χ1v) is 8.32. The summed E-state index contributed by atoms with van der Waals surface area (Å²) in [5.41, 5.74) is 2.03. The Morgan fingerprint density at radius 3 is 2.43 bits per heavy atom. The van der Waals surface area contributed by atoms with Gasteiger partial charge in [0.1, 0.15) is 0 Å². The lowest BCUT2D eigenvalue weighted by Gasteiger charge is -2.23. The van der Waals surface area contributed by atoms with Crippen LogP contribution in [0, 0.1) is 5.92 Å². The molecule has 0 heterocycles. The molecule has 1 unspecified atom stereocenters. The molecule has 0 saturated carbocycles. The van der Waals surface area contributed by atoms with Crippen LogP contribution in [0.5, 0.6) is 0 Å². The molecule has 0 rings (SSSR count). The van der Waals surface area contributed by atoms with Crippen LogP contribution in [0.2, 0.25) is 0 Å². The molecule has 0 aromatic carbocycles. The standard InChI is InChI=1S/C19H36O2/c1-16(2)9-7-11-18(5)12-14-21-15-19(6,20)13-8-10-17(3)4/h9,12,17,20H,7-8,10-11,13-15H2,1-6H3/b18-12+. The number of rotatable bonds is 11. The highest BCUT2D eigenvalue weighted by Crippen LogP contribution is 2.17. The molecule has 124 valence electrons. The zero-order valence-electron chi connectivity index (χ0n) is 15.0. The average Bonchev–Trinajstić information content (AvgIpc) is 2.33. The Kier molecular flexibility index (Phi) is 10.7. The normalized spacial score (nSPS) is 15.1. The Morgan fingerprint density at radius 1 is 1.19 bits per heavy atom. The van der Waals surface area contributed by atoms with E-state index in [0.717, 1.165) is 25.7 Å². The molecule has 0 bridgehead atoms. The van der Waals surface area contributed by atoms with Gasteiger partial charge >= 0.3 is 0 Å². The molecular formula is C19H36O2. The van der Waals surface area contributed by atoms with E-state index in [1.165, 1.54) is 17.6 Å². The van der Waals surface area contributed by atoms with Crippen LogP contribution in [0.25, 0.3) is 0 Å². The van der Waals surface area contributed by atoms with Crippen LogP contribution < -0.4 is 0 Å². The van der Waals surface area contributed by atoms with E-state index in [1.807, 2.05) is 6.92 Å². The van der Waals surface area contributed by atoms with E-state index in [-0.39, 0.29) is 0 Å². The van der Waals surface area contributed by atoms with Gasteiger partial charge in [0.15, 0.2) is 0 Å². The van der Waals surface area contributed by atoms with Crippen LogP contribution in [0.15, 0.2) is 23.3 Å². The molecule has 0 radical (unpaired) electrons. The number of aliphatic hydroxyl groups is 1. The molecule has 0 saturated heterocycles. The van der Waals surface area contributed by atoms with Crippen LogP contribution in [-0.4, -0.2) is 23.9 Å². The van der Waals surface area contributed by atoms with Crippen LogP contribution in [0.3, 0.4) is 0 Å². The quantitative estimate of drug-likeness (QED) is 0.415. The third-order valence-electron chi connectivity index (χ3n) is 3.55. The summed E-state index contributed by atoms with van der Waals surface area (Å²) in [7, 11) is 0. The molecule has 2 nitrogen and oxygen atoms in total. The van der Waals surface area contributed by atoms with E-state index in [2.05, 4.69) is 46.8 Å². The first-order chi connectivity index (χ1) is 9.73. The highest BCUT2D eigenvalue weighted by Gasteiger charge is 2.19. The zero-order chi connectivity index (χ0) is 16.3. The van der Waals surface area contributed by atoms with E-state index in [0.29, 0.717) is 19.1 Å². The van der Waals surface area contributed by atoms with Crippen molar-refractivity contribution >= 4 is 0 Å². The van der Waals surface area contributed by atoms with E-state index < -0.39 is 5.60 Å². The minimum Gasteiger partial charge on any atom is -0.388 e. The Balaban J connectivity index is 3.83. The van der Waals surface area contributed by atoms with Gasteiger partial charge in [0.2, 0.25) is 0 Å². The van der Waals surface area contributed by atoms with Crippen molar-refractivity contribution in [2.24, 2.45) is 5.92 Å². The fourth-order valence-electron chi connectivity index (χ4n) is 2.13. The van der Waals surface area contributed by atoms with Crippen molar-refractivity contribution in [1.82, 2.24) is 0 Å². The third kappa shape index (κ3) is 14.1. The molecule has 0 aromatic heterocycles. The van der Waals surface area contributed by atoms with E-state index in [9.17, 15) is 5.11 Å². The van der Waals surface area contributed by atoms with Crippen molar-refractivity contribution < 1.29 is 9.84 Å². The molecule has 0 spiro atoms. The first-order valence-electron chi connectivity index (χ1n) is 8.32. The van der Waals surface area contributed by atoms with E-state index in [4.69, 9.17) is 4.74 Å². The number of allylic oxidation sites excluding steroid dienone is 3. The number of hydrogen-bond donors (Lipinski definition) is 1. The second kappa shape index (κ2) is 11.0. The summed E-state index contributed by atoms with van der Waals surface area (Å²) >= 11 is 0. The number of ether oxygens (including phenoxy) is 1. The van der Waals surface area contributed by atoms with Gasteiger partial charge in [-0.2, -0.15) is 0 Å². The molecule has 0 aliphatic heterocycles. The van der Waals surface area contributed by atoms with Gasteiger partial charge in [-0.25, -0.2) is 0 Å². The topological polar surface area (TPSA) is 29.5 Å². The van der Waals surface area contributed by atoms with Gasteiger partial charge < -0.3 is 9.84 Å². The summed E-state index contributed by atoms with van der Waals surface area (Å²) in [4.78, 5) is 0. The third-order valence-corrected chi connectivity index (χ3v) is 3.55. The summed E-state index contributed by atoms with van der Waals surface area (Å²) in [6, 6.07) is 0. The van der Waals surface area contributed by atoms with Gasteiger partial charge in [0.05, 0.1) is 18.8 Å². The number of hydrogen-bond acceptors (Lipinski definition) is 2. The fourth-order valence-corrected chi connectivity index (χ4v) is 2.13. The van der Waals surface area contributed by atoms with Gasteiger partial charge in [-0.3, -0.25) is 0 Å². The van der Waals surface area contributed by atoms with Crippen LogP contribution in [0.1, 0.15) is 73.6 Å². The molecule has 1 N–H and O–H groups in total. The smallest absolute Gasteiger partial charge is 0.0852 e. The van der Waals surface area contributed by atoms with Gasteiger partial charge in [-0.05, 0) is 52.9 Å². The van der Waals surface area contributed by atoms with Crippen molar-refractivity contribution in [3.05, 3.63) is 23.3 Å². The van der Waals surface area contributed by atoms with Crippen molar-refractivity contribution in [2.75, 3.05) is 13.2 Å². The molecule has 0 amide bonds. The van der Waals surface area contributed by atoms with E-state index >= 15 is 0 Å².